The predicted molar refractivity (Wildman–Crippen MR) is 184 cm³/mol. The summed E-state index contributed by atoms with van der Waals surface area (Å²) in [7, 11) is 0. The molecule has 0 spiro atoms. The third kappa shape index (κ3) is 8.91. The van der Waals surface area contributed by atoms with Gasteiger partial charge >= 0.3 is 0 Å². The Morgan fingerprint density at radius 1 is 0.674 bits per heavy atom. The molecule has 43 heavy (non-hydrogen) atoms. The summed E-state index contributed by atoms with van der Waals surface area (Å²) < 4.78 is 6.25. The van der Waals surface area contributed by atoms with Gasteiger partial charge in [-0.1, -0.05) is 135 Å². The number of epoxide rings is 1. The standard InChI is InChI=1S/C40H56O3/c1-29(17-13-19-31(3)21-22-36-33(5)25-34(41)26-37(36,6)7)15-11-12-16-30(2)18-14-20-32(4)23-24-40-38(8,9)27-35(42)28-39(40,10)43-40/h11-24,34-35,41-42H,25-28H2,1-10H3/b12-11+,17-13+,18-14+,22-21+,24-23+,29-15-,30-16+,31-19+,32-20+/t34-,35+,39-,40+/m1/s1. The maximum Gasteiger partial charge on any atom is 0.121 e. The second-order valence-corrected chi connectivity index (χ2v) is 14.6. The minimum absolute atomic E-state index is 0.00262. The molecule has 3 heteroatoms. The summed E-state index contributed by atoms with van der Waals surface area (Å²) in [5.74, 6) is 0. The van der Waals surface area contributed by atoms with E-state index in [0.717, 1.165) is 19.3 Å². The van der Waals surface area contributed by atoms with E-state index >= 15 is 0 Å². The van der Waals surface area contributed by atoms with Crippen LogP contribution in [0.4, 0.5) is 0 Å². The first-order valence-corrected chi connectivity index (χ1v) is 15.9. The number of aliphatic hydroxyl groups is 2. The topological polar surface area (TPSA) is 53.0 Å². The van der Waals surface area contributed by atoms with Gasteiger partial charge in [0.25, 0.3) is 0 Å². The zero-order valence-corrected chi connectivity index (χ0v) is 28.4. The fourth-order valence-electron chi connectivity index (χ4n) is 7.06. The van der Waals surface area contributed by atoms with Crippen molar-refractivity contribution in [3.63, 3.8) is 0 Å². The fourth-order valence-corrected chi connectivity index (χ4v) is 7.06. The quantitative estimate of drug-likeness (QED) is 0.198. The average Bonchev–Trinajstić information content (AvgIpc) is 3.49. The Morgan fingerprint density at radius 2 is 1.19 bits per heavy atom. The van der Waals surface area contributed by atoms with Gasteiger partial charge in [0.15, 0.2) is 0 Å². The lowest BCUT2D eigenvalue weighted by Gasteiger charge is -2.39. The molecule has 2 fully saturated rings. The van der Waals surface area contributed by atoms with Crippen molar-refractivity contribution in [3.05, 3.63) is 119 Å². The van der Waals surface area contributed by atoms with E-state index in [2.05, 4.69) is 154 Å². The summed E-state index contributed by atoms with van der Waals surface area (Å²) in [6.07, 6.45) is 32.3. The molecule has 3 nitrogen and oxygen atoms in total. The number of allylic oxidation sites excluding steroid dienone is 18. The van der Waals surface area contributed by atoms with Crippen LogP contribution < -0.4 is 0 Å². The summed E-state index contributed by atoms with van der Waals surface area (Å²) >= 11 is 0. The van der Waals surface area contributed by atoms with Crippen LogP contribution in [0.1, 0.15) is 94.9 Å². The smallest absolute Gasteiger partial charge is 0.121 e. The number of rotatable bonds is 10. The Labute approximate surface area is 262 Å². The number of hydrogen-bond acceptors (Lipinski definition) is 3. The number of fused-ring (bicyclic) bond motifs is 1. The first kappa shape index (κ1) is 34.8. The molecule has 1 saturated carbocycles. The molecule has 1 aliphatic heterocycles. The summed E-state index contributed by atoms with van der Waals surface area (Å²) in [5, 5.41) is 20.4. The zero-order chi connectivity index (χ0) is 32.1. The van der Waals surface area contributed by atoms with Crippen LogP contribution in [-0.2, 0) is 4.74 Å². The van der Waals surface area contributed by atoms with E-state index in [1.807, 2.05) is 0 Å². The third-order valence-electron chi connectivity index (χ3n) is 9.34. The van der Waals surface area contributed by atoms with E-state index in [0.29, 0.717) is 6.42 Å². The highest BCUT2D eigenvalue weighted by Gasteiger charge is 2.74. The minimum Gasteiger partial charge on any atom is -0.393 e. The van der Waals surface area contributed by atoms with E-state index in [1.54, 1.807) is 0 Å². The van der Waals surface area contributed by atoms with Gasteiger partial charge in [-0.25, -0.2) is 0 Å². The van der Waals surface area contributed by atoms with Crippen LogP contribution in [-0.4, -0.2) is 33.6 Å². The van der Waals surface area contributed by atoms with Gasteiger partial charge in [-0.05, 0) is 77.9 Å². The molecular weight excluding hydrogens is 528 g/mol. The van der Waals surface area contributed by atoms with E-state index in [4.69, 9.17) is 4.74 Å². The molecule has 0 unspecified atom stereocenters. The van der Waals surface area contributed by atoms with Gasteiger partial charge in [-0.2, -0.15) is 0 Å². The van der Waals surface area contributed by atoms with Crippen molar-refractivity contribution in [2.24, 2.45) is 10.8 Å². The van der Waals surface area contributed by atoms with E-state index in [-0.39, 0.29) is 34.2 Å². The first-order chi connectivity index (χ1) is 20.0. The van der Waals surface area contributed by atoms with Crippen molar-refractivity contribution in [2.75, 3.05) is 0 Å². The number of aliphatic hydroxyl groups excluding tert-OH is 2. The van der Waals surface area contributed by atoms with Crippen LogP contribution in [0.2, 0.25) is 0 Å². The van der Waals surface area contributed by atoms with Crippen molar-refractivity contribution in [1.82, 2.24) is 0 Å². The molecule has 0 bridgehead atoms. The largest absolute Gasteiger partial charge is 0.393 e. The molecule has 2 N–H and O–H groups in total. The Hall–Kier alpha value is -2.72. The molecule has 234 valence electrons. The van der Waals surface area contributed by atoms with Crippen LogP contribution in [0.15, 0.2) is 119 Å². The molecule has 1 heterocycles. The maximum absolute atomic E-state index is 10.2. The van der Waals surface area contributed by atoms with Crippen LogP contribution in [0.3, 0.4) is 0 Å². The summed E-state index contributed by atoms with van der Waals surface area (Å²) in [6.45, 7) is 21.5. The summed E-state index contributed by atoms with van der Waals surface area (Å²) in [6, 6.07) is 0. The van der Waals surface area contributed by atoms with Gasteiger partial charge in [0.1, 0.15) is 11.2 Å². The lowest BCUT2D eigenvalue weighted by atomic mass is 9.63. The molecule has 0 amide bonds. The van der Waals surface area contributed by atoms with Crippen molar-refractivity contribution in [3.8, 4) is 0 Å². The van der Waals surface area contributed by atoms with Gasteiger partial charge < -0.3 is 14.9 Å². The second kappa shape index (κ2) is 13.9. The third-order valence-corrected chi connectivity index (χ3v) is 9.34. The monoisotopic (exact) mass is 584 g/mol. The fraction of sp³-hybridized carbons (Fsp3) is 0.500. The Morgan fingerprint density at radius 3 is 1.72 bits per heavy atom. The highest BCUT2D eigenvalue weighted by molar-refractivity contribution is 5.39. The average molecular weight is 585 g/mol. The molecular formula is C40H56O3. The van der Waals surface area contributed by atoms with E-state index in [9.17, 15) is 10.2 Å². The maximum atomic E-state index is 10.2. The summed E-state index contributed by atoms with van der Waals surface area (Å²) in [5.41, 5.74) is 6.71. The Balaban J connectivity index is 1.50. The molecule has 0 aromatic heterocycles. The molecule has 1 saturated heterocycles. The van der Waals surface area contributed by atoms with Crippen molar-refractivity contribution < 1.29 is 14.9 Å². The SMILES string of the molecule is CC1=C(/C=C/C(C)=C/C=C/C(C)=C\C=C\C=C(C)\C=C\C=C(C)\C=C\[C@@]23O[C@]2(C)C[C@@H](O)CC3(C)C)C(C)(C)C[C@H](O)C1. The van der Waals surface area contributed by atoms with E-state index < -0.39 is 0 Å². The van der Waals surface area contributed by atoms with Gasteiger partial charge in [-0.15, -0.1) is 0 Å². The Kier molecular flexibility index (Phi) is 11.3. The van der Waals surface area contributed by atoms with Gasteiger partial charge in [0.05, 0.1) is 12.2 Å². The lowest BCUT2D eigenvalue weighted by Crippen LogP contribution is -2.46. The van der Waals surface area contributed by atoms with Crippen molar-refractivity contribution in [1.29, 1.82) is 0 Å². The van der Waals surface area contributed by atoms with Gasteiger partial charge in [0.2, 0.25) is 0 Å². The number of ether oxygens (including phenoxy) is 1. The normalized spacial score (nSPS) is 32.3. The molecule has 0 radical (unpaired) electrons. The molecule has 3 rings (SSSR count). The van der Waals surface area contributed by atoms with Crippen molar-refractivity contribution in [2.45, 2.75) is 118 Å². The zero-order valence-electron chi connectivity index (χ0n) is 28.4. The highest BCUT2D eigenvalue weighted by atomic mass is 16.6. The molecule has 0 aromatic carbocycles. The molecule has 3 aliphatic rings. The van der Waals surface area contributed by atoms with Crippen LogP contribution in [0.5, 0.6) is 0 Å². The van der Waals surface area contributed by atoms with Crippen molar-refractivity contribution >= 4 is 0 Å². The summed E-state index contributed by atoms with van der Waals surface area (Å²) in [4.78, 5) is 0. The van der Waals surface area contributed by atoms with Gasteiger partial charge in [-0.3, -0.25) is 0 Å². The highest BCUT2D eigenvalue weighted by Crippen LogP contribution is 2.66. The molecule has 0 aromatic rings. The number of hydrogen-bond donors (Lipinski definition) is 2. The molecule has 4 atom stereocenters. The molecule has 2 aliphatic carbocycles. The second-order valence-electron chi connectivity index (χ2n) is 14.6. The van der Waals surface area contributed by atoms with E-state index in [1.165, 1.54) is 33.4 Å². The lowest BCUT2D eigenvalue weighted by molar-refractivity contribution is 0.0515. The van der Waals surface area contributed by atoms with Crippen LogP contribution in [0, 0.1) is 10.8 Å². The minimum atomic E-state index is -0.291. The van der Waals surface area contributed by atoms with Crippen LogP contribution in [0.25, 0.3) is 0 Å². The predicted octanol–water partition coefficient (Wildman–Crippen LogP) is 9.76. The van der Waals surface area contributed by atoms with Crippen LogP contribution >= 0.6 is 0 Å². The first-order valence-electron chi connectivity index (χ1n) is 15.9. The Bertz CT molecular complexity index is 1330. The van der Waals surface area contributed by atoms with Gasteiger partial charge in [0, 0.05) is 11.8 Å².